The van der Waals surface area contributed by atoms with E-state index in [2.05, 4.69) is 0 Å². The van der Waals surface area contributed by atoms with Crippen LogP contribution in [0, 0.1) is 17.6 Å². The molecule has 0 heterocycles. The second-order valence-electron chi connectivity index (χ2n) is 3.98. The van der Waals surface area contributed by atoms with E-state index in [1.807, 2.05) is 0 Å². The highest BCUT2D eigenvalue weighted by Gasteiger charge is 2.27. The van der Waals surface area contributed by atoms with Crippen LogP contribution in [0.3, 0.4) is 0 Å². The van der Waals surface area contributed by atoms with Crippen LogP contribution in [0.4, 0.5) is 8.78 Å². The standard InChI is InChI=1S/C11H13F2N/c12-9-4-7(5-10(13)6-9)3-8-1-2-11(8)14/h4-6,8,11H,1-3,14H2. The fourth-order valence-corrected chi connectivity index (χ4v) is 1.88. The average Bonchev–Trinajstić information content (AvgIpc) is 2.10. The lowest BCUT2D eigenvalue weighted by Crippen LogP contribution is -2.40. The van der Waals surface area contributed by atoms with Crippen molar-refractivity contribution in [3.63, 3.8) is 0 Å². The second kappa shape index (κ2) is 3.65. The van der Waals surface area contributed by atoms with Crippen molar-refractivity contribution in [3.05, 3.63) is 35.4 Å². The van der Waals surface area contributed by atoms with Crippen molar-refractivity contribution in [2.24, 2.45) is 11.7 Å². The third kappa shape index (κ3) is 1.93. The van der Waals surface area contributed by atoms with Gasteiger partial charge in [-0.2, -0.15) is 0 Å². The Morgan fingerprint density at radius 2 is 1.79 bits per heavy atom. The Labute approximate surface area is 81.9 Å². The fourth-order valence-electron chi connectivity index (χ4n) is 1.88. The van der Waals surface area contributed by atoms with Gasteiger partial charge in [-0.3, -0.25) is 0 Å². The smallest absolute Gasteiger partial charge is 0.126 e. The molecule has 1 aliphatic carbocycles. The van der Waals surface area contributed by atoms with E-state index in [-0.39, 0.29) is 6.04 Å². The quantitative estimate of drug-likeness (QED) is 0.773. The molecule has 2 N–H and O–H groups in total. The maximum Gasteiger partial charge on any atom is 0.126 e. The molecule has 0 spiro atoms. The fraction of sp³-hybridized carbons (Fsp3) is 0.455. The van der Waals surface area contributed by atoms with Crippen LogP contribution in [0.2, 0.25) is 0 Å². The second-order valence-corrected chi connectivity index (χ2v) is 3.98. The molecule has 14 heavy (non-hydrogen) atoms. The van der Waals surface area contributed by atoms with Gasteiger partial charge in [-0.25, -0.2) is 8.78 Å². The van der Waals surface area contributed by atoms with Gasteiger partial charge in [0.1, 0.15) is 11.6 Å². The van der Waals surface area contributed by atoms with Gasteiger partial charge in [0.2, 0.25) is 0 Å². The molecular weight excluding hydrogens is 184 g/mol. The van der Waals surface area contributed by atoms with Gasteiger partial charge >= 0.3 is 0 Å². The van der Waals surface area contributed by atoms with E-state index in [0.29, 0.717) is 17.9 Å². The predicted molar refractivity (Wildman–Crippen MR) is 50.8 cm³/mol. The lowest BCUT2D eigenvalue weighted by molar-refractivity contribution is 0.255. The summed E-state index contributed by atoms with van der Waals surface area (Å²) in [6, 6.07) is 3.87. The summed E-state index contributed by atoms with van der Waals surface area (Å²) in [5.74, 6) is -0.614. The van der Waals surface area contributed by atoms with E-state index in [0.717, 1.165) is 18.9 Å². The first-order chi connectivity index (χ1) is 6.65. The zero-order valence-electron chi connectivity index (χ0n) is 7.84. The summed E-state index contributed by atoms with van der Waals surface area (Å²) >= 11 is 0. The number of hydrogen-bond donors (Lipinski definition) is 1. The molecule has 0 saturated heterocycles. The summed E-state index contributed by atoms with van der Waals surface area (Å²) in [6.07, 6.45) is 2.79. The number of rotatable bonds is 2. The van der Waals surface area contributed by atoms with E-state index >= 15 is 0 Å². The van der Waals surface area contributed by atoms with E-state index in [1.54, 1.807) is 0 Å². The van der Waals surface area contributed by atoms with Crippen LogP contribution in [0.15, 0.2) is 18.2 Å². The van der Waals surface area contributed by atoms with Gasteiger partial charge < -0.3 is 5.73 Å². The number of hydrogen-bond acceptors (Lipinski definition) is 1. The highest BCUT2D eigenvalue weighted by atomic mass is 19.1. The summed E-state index contributed by atoms with van der Waals surface area (Å²) in [4.78, 5) is 0. The Bertz CT molecular complexity index is 318. The van der Waals surface area contributed by atoms with Crippen molar-refractivity contribution >= 4 is 0 Å². The van der Waals surface area contributed by atoms with Gasteiger partial charge in [-0.1, -0.05) is 0 Å². The average molecular weight is 197 g/mol. The maximum atomic E-state index is 12.8. The van der Waals surface area contributed by atoms with Crippen molar-refractivity contribution in [1.29, 1.82) is 0 Å². The lowest BCUT2D eigenvalue weighted by atomic mass is 9.76. The number of benzene rings is 1. The molecule has 1 aromatic rings. The molecule has 1 aliphatic rings. The Morgan fingerprint density at radius 1 is 1.14 bits per heavy atom. The van der Waals surface area contributed by atoms with Crippen LogP contribution < -0.4 is 5.73 Å². The van der Waals surface area contributed by atoms with Crippen LogP contribution in [0.5, 0.6) is 0 Å². The summed E-state index contributed by atoms with van der Waals surface area (Å²) in [7, 11) is 0. The van der Waals surface area contributed by atoms with Crippen molar-refractivity contribution in [2.45, 2.75) is 25.3 Å². The maximum absolute atomic E-state index is 12.8. The van der Waals surface area contributed by atoms with Crippen molar-refractivity contribution in [1.82, 2.24) is 0 Å². The number of halogens is 2. The molecule has 0 amide bonds. The third-order valence-electron chi connectivity index (χ3n) is 2.90. The molecule has 0 radical (unpaired) electrons. The van der Waals surface area contributed by atoms with E-state index in [4.69, 9.17) is 5.73 Å². The molecule has 1 nitrogen and oxygen atoms in total. The molecule has 0 aromatic heterocycles. The minimum absolute atomic E-state index is 0.210. The van der Waals surface area contributed by atoms with Crippen LogP contribution in [0.1, 0.15) is 18.4 Å². The molecule has 76 valence electrons. The molecule has 1 aromatic carbocycles. The van der Waals surface area contributed by atoms with Gasteiger partial charge in [-0.15, -0.1) is 0 Å². The summed E-state index contributed by atoms with van der Waals surface area (Å²) in [6.45, 7) is 0. The molecule has 0 bridgehead atoms. The highest BCUT2D eigenvalue weighted by Crippen LogP contribution is 2.29. The summed E-state index contributed by atoms with van der Waals surface area (Å²) < 4.78 is 25.7. The van der Waals surface area contributed by atoms with Gasteiger partial charge in [0.25, 0.3) is 0 Å². The summed E-state index contributed by atoms with van der Waals surface area (Å²) in [5.41, 5.74) is 6.47. The molecule has 1 saturated carbocycles. The first-order valence-corrected chi connectivity index (χ1v) is 4.85. The minimum Gasteiger partial charge on any atom is -0.327 e. The van der Waals surface area contributed by atoms with Crippen molar-refractivity contribution in [3.8, 4) is 0 Å². The Hall–Kier alpha value is -0.960. The monoisotopic (exact) mass is 197 g/mol. The van der Waals surface area contributed by atoms with Crippen molar-refractivity contribution in [2.75, 3.05) is 0 Å². The predicted octanol–water partition coefficient (Wildman–Crippen LogP) is 2.24. The highest BCUT2D eigenvalue weighted by molar-refractivity contribution is 5.19. The Morgan fingerprint density at radius 3 is 2.21 bits per heavy atom. The molecule has 2 rings (SSSR count). The Balaban J connectivity index is 2.08. The van der Waals surface area contributed by atoms with Crippen LogP contribution in [-0.2, 0) is 6.42 Å². The first kappa shape index (κ1) is 9.59. The van der Waals surface area contributed by atoms with Gasteiger partial charge in [0.05, 0.1) is 0 Å². The SMILES string of the molecule is NC1CCC1Cc1cc(F)cc(F)c1. The summed E-state index contributed by atoms with van der Waals surface area (Å²) in [5, 5.41) is 0. The molecule has 2 atom stereocenters. The topological polar surface area (TPSA) is 26.0 Å². The normalized spacial score (nSPS) is 25.9. The lowest BCUT2D eigenvalue weighted by Gasteiger charge is -2.33. The molecule has 2 unspecified atom stereocenters. The minimum atomic E-state index is -0.507. The third-order valence-corrected chi connectivity index (χ3v) is 2.90. The molecule has 1 fully saturated rings. The zero-order chi connectivity index (χ0) is 10.1. The van der Waals surface area contributed by atoms with Crippen LogP contribution in [0.25, 0.3) is 0 Å². The van der Waals surface area contributed by atoms with Gasteiger partial charge in [0.15, 0.2) is 0 Å². The van der Waals surface area contributed by atoms with Gasteiger partial charge in [-0.05, 0) is 42.9 Å². The molecule has 0 aliphatic heterocycles. The van der Waals surface area contributed by atoms with E-state index in [9.17, 15) is 8.78 Å². The first-order valence-electron chi connectivity index (χ1n) is 4.85. The van der Waals surface area contributed by atoms with Gasteiger partial charge in [0, 0.05) is 12.1 Å². The van der Waals surface area contributed by atoms with E-state index < -0.39 is 11.6 Å². The largest absolute Gasteiger partial charge is 0.327 e. The van der Waals surface area contributed by atoms with Crippen LogP contribution in [-0.4, -0.2) is 6.04 Å². The van der Waals surface area contributed by atoms with Crippen LogP contribution >= 0.6 is 0 Å². The zero-order valence-corrected chi connectivity index (χ0v) is 7.84. The van der Waals surface area contributed by atoms with E-state index in [1.165, 1.54) is 12.1 Å². The Kier molecular flexibility index (Phi) is 2.50. The number of nitrogens with two attached hydrogens (primary N) is 1. The van der Waals surface area contributed by atoms with Crippen molar-refractivity contribution < 1.29 is 8.78 Å². The molecular formula is C11H13F2N. The molecule has 3 heteroatoms.